The first-order valence-corrected chi connectivity index (χ1v) is 10.3. The second-order valence-electron chi connectivity index (χ2n) is 7.37. The average Bonchev–Trinajstić information content (AvgIpc) is 3.24. The summed E-state index contributed by atoms with van der Waals surface area (Å²) in [5, 5.41) is 0. The Labute approximate surface area is 177 Å². The van der Waals surface area contributed by atoms with Gasteiger partial charge in [-0.15, -0.1) is 0 Å². The van der Waals surface area contributed by atoms with Gasteiger partial charge in [-0.1, -0.05) is 6.07 Å². The molecular weight excluding hydrogens is 382 g/mol. The molecule has 1 fully saturated rings. The number of likely N-dealkylation sites (tertiary alicyclic amines) is 1. The third-order valence-corrected chi connectivity index (χ3v) is 5.53. The van der Waals surface area contributed by atoms with Crippen LogP contribution in [0.15, 0.2) is 30.5 Å². The number of primary amides is 1. The first kappa shape index (κ1) is 21.5. The minimum absolute atomic E-state index is 0.0825. The smallest absolute Gasteiger partial charge is 0.252 e. The number of aromatic nitrogens is 2. The molecule has 2 amide bonds. The Kier molecular flexibility index (Phi) is 6.87. The molecule has 1 aliphatic heterocycles. The van der Waals surface area contributed by atoms with Gasteiger partial charge in [0.2, 0.25) is 5.91 Å². The van der Waals surface area contributed by atoms with Gasteiger partial charge in [-0.05, 0) is 38.8 Å². The summed E-state index contributed by atoms with van der Waals surface area (Å²) in [6.07, 6.45) is 3.58. The molecule has 0 unspecified atom stereocenters. The Morgan fingerprint density at radius 2 is 2.17 bits per heavy atom. The van der Waals surface area contributed by atoms with Gasteiger partial charge in [-0.2, -0.15) is 0 Å². The highest BCUT2D eigenvalue weighted by atomic mass is 16.5. The van der Waals surface area contributed by atoms with Crippen molar-refractivity contribution in [1.29, 1.82) is 0 Å². The van der Waals surface area contributed by atoms with Crippen LogP contribution >= 0.6 is 0 Å². The van der Waals surface area contributed by atoms with Crippen LogP contribution in [0, 0.1) is 6.92 Å². The van der Waals surface area contributed by atoms with Crippen molar-refractivity contribution in [2.45, 2.75) is 39.2 Å². The zero-order chi connectivity index (χ0) is 21.7. The average molecular weight is 412 g/mol. The summed E-state index contributed by atoms with van der Waals surface area (Å²) in [5.41, 5.74) is 7.23. The summed E-state index contributed by atoms with van der Waals surface area (Å²) in [6.45, 7) is 5.90. The maximum absolute atomic E-state index is 13.0. The molecule has 0 aliphatic carbocycles. The Balaban J connectivity index is 1.68. The van der Waals surface area contributed by atoms with Crippen LogP contribution in [0.4, 0.5) is 5.69 Å². The largest absolute Gasteiger partial charge is 0.497 e. The molecule has 2 heterocycles. The first-order valence-electron chi connectivity index (χ1n) is 10.3. The van der Waals surface area contributed by atoms with E-state index >= 15 is 0 Å². The number of carbonyl (C=O) groups is 2. The van der Waals surface area contributed by atoms with Crippen LogP contribution < -0.4 is 15.4 Å². The number of nitrogens with zero attached hydrogens (tertiary/aromatic N) is 4. The van der Waals surface area contributed by atoms with E-state index in [4.69, 9.17) is 10.5 Å². The number of anilines is 1. The van der Waals surface area contributed by atoms with Gasteiger partial charge < -0.3 is 20.3 Å². The van der Waals surface area contributed by atoms with Crippen molar-refractivity contribution in [1.82, 2.24) is 14.9 Å². The maximum atomic E-state index is 13.0. The lowest BCUT2D eigenvalue weighted by atomic mass is 10.1. The lowest BCUT2D eigenvalue weighted by molar-refractivity contribution is -0.132. The maximum Gasteiger partial charge on any atom is 0.252 e. The monoisotopic (exact) mass is 411 g/mol. The molecule has 8 heteroatoms. The second-order valence-corrected chi connectivity index (χ2v) is 7.37. The molecule has 0 spiro atoms. The summed E-state index contributed by atoms with van der Waals surface area (Å²) in [7, 11) is 1.65. The fraction of sp³-hybridized carbons (Fsp3) is 0.455. The van der Waals surface area contributed by atoms with Crippen molar-refractivity contribution in [2.75, 3.05) is 31.6 Å². The van der Waals surface area contributed by atoms with Gasteiger partial charge in [0.15, 0.2) is 5.82 Å². The Morgan fingerprint density at radius 1 is 1.37 bits per heavy atom. The normalized spacial score (nSPS) is 15.8. The number of aryl methyl sites for hydroxylation is 1. The van der Waals surface area contributed by atoms with Crippen LogP contribution in [0.2, 0.25) is 0 Å². The molecule has 1 saturated heterocycles. The molecule has 1 atom stereocenters. The van der Waals surface area contributed by atoms with Crippen LogP contribution in [0.25, 0.3) is 0 Å². The fourth-order valence-corrected chi connectivity index (χ4v) is 3.87. The van der Waals surface area contributed by atoms with E-state index in [0.29, 0.717) is 36.6 Å². The zero-order valence-corrected chi connectivity index (χ0v) is 17.8. The molecule has 30 heavy (non-hydrogen) atoms. The highest BCUT2D eigenvalue weighted by Gasteiger charge is 2.32. The van der Waals surface area contributed by atoms with Crippen LogP contribution in [0.5, 0.6) is 5.75 Å². The Hall–Kier alpha value is -3.16. The predicted molar refractivity (Wildman–Crippen MR) is 114 cm³/mol. The van der Waals surface area contributed by atoms with Gasteiger partial charge in [0, 0.05) is 44.0 Å². The first-order chi connectivity index (χ1) is 14.4. The van der Waals surface area contributed by atoms with Crippen molar-refractivity contribution in [3.05, 3.63) is 47.5 Å². The molecular formula is C22H29N5O3. The molecule has 160 valence electrons. The molecule has 1 aliphatic rings. The topological polar surface area (TPSA) is 102 Å². The van der Waals surface area contributed by atoms with Gasteiger partial charge in [0.1, 0.15) is 5.75 Å². The third-order valence-electron chi connectivity index (χ3n) is 5.53. The number of hydrogen-bond acceptors (Lipinski definition) is 6. The summed E-state index contributed by atoms with van der Waals surface area (Å²) in [6, 6.07) is 7.69. The second kappa shape index (κ2) is 9.56. The van der Waals surface area contributed by atoms with Crippen molar-refractivity contribution in [2.24, 2.45) is 5.73 Å². The zero-order valence-electron chi connectivity index (χ0n) is 17.8. The number of carbonyl (C=O) groups excluding carboxylic acids is 2. The predicted octanol–water partition coefficient (Wildman–Crippen LogP) is 2.47. The number of nitrogens with two attached hydrogens (primary N) is 1. The highest BCUT2D eigenvalue weighted by Crippen LogP contribution is 2.31. The van der Waals surface area contributed by atoms with E-state index < -0.39 is 5.91 Å². The van der Waals surface area contributed by atoms with E-state index in [-0.39, 0.29) is 11.9 Å². The van der Waals surface area contributed by atoms with Crippen molar-refractivity contribution >= 4 is 17.5 Å². The van der Waals surface area contributed by atoms with Gasteiger partial charge in [-0.25, -0.2) is 9.97 Å². The molecule has 0 radical (unpaired) electrons. The lowest BCUT2D eigenvalue weighted by Crippen LogP contribution is -2.35. The van der Waals surface area contributed by atoms with Gasteiger partial charge in [-0.3, -0.25) is 9.59 Å². The third kappa shape index (κ3) is 4.69. The number of methoxy groups -OCH3 is 1. The van der Waals surface area contributed by atoms with E-state index in [2.05, 4.69) is 21.8 Å². The number of hydrogen-bond donors (Lipinski definition) is 1. The van der Waals surface area contributed by atoms with E-state index in [9.17, 15) is 9.59 Å². The molecule has 3 rings (SSSR count). The summed E-state index contributed by atoms with van der Waals surface area (Å²) in [4.78, 5) is 37.2. The minimum Gasteiger partial charge on any atom is -0.497 e. The molecule has 2 N–H and O–H groups in total. The van der Waals surface area contributed by atoms with Crippen molar-refractivity contribution in [3.63, 3.8) is 0 Å². The van der Waals surface area contributed by atoms with Gasteiger partial charge in [0.05, 0.1) is 24.4 Å². The molecule has 0 saturated carbocycles. The van der Waals surface area contributed by atoms with E-state index in [1.165, 1.54) is 6.20 Å². The number of ether oxygens (including phenoxy) is 1. The molecule has 0 bridgehead atoms. The lowest BCUT2D eigenvalue weighted by Gasteiger charge is -2.27. The van der Waals surface area contributed by atoms with E-state index in [1.54, 1.807) is 14.0 Å². The number of rotatable bonds is 8. The van der Waals surface area contributed by atoms with Gasteiger partial charge >= 0.3 is 0 Å². The molecule has 8 nitrogen and oxygen atoms in total. The fourth-order valence-electron chi connectivity index (χ4n) is 3.87. The standard InChI is InChI=1S/C22H29N5O3/c1-4-26(16-7-5-8-17(13-16)30-3)12-10-20(28)27-11-6-9-19(27)22-24-14-18(21(23)29)15(2)25-22/h5,7-8,13-14,19H,4,6,9-12H2,1-3H3,(H2,23,29)/t19-/m0/s1. The quantitative estimate of drug-likeness (QED) is 0.716. The van der Waals surface area contributed by atoms with Crippen LogP contribution in [0.3, 0.4) is 0 Å². The van der Waals surface area contributed by atoms with Crippen LogP contribution in [-0.2, 0) is 4.79 Å². The molecule has 1 aromatic carbocycles. The van der Waals surface area contributed by atoms with E-state index in [1.807, 2.05) is 29.2 Å². The highest BCUT2D eigenvalue weighted by molar-refractivity contribution is 5.93. The number of amides is 2. The van der Waals surface area contributed by atoms with Gasteiger partial charge in [0.25, 0.3) is 5.91 Å². The van der Waals surface area contributed by atoms with Crippen LogP contribution in [-0.4, -0.2) is 53.4 Å². The van der Waals surface area contributed by atoms with Crippen molar-refractivity contribution < 1.29 is 14.3 Å². The molecule has 2 aromatic rings. The van der Waals surface area contributed by atoms with E-state index in [0.717, 1.165) is 30.8 Å². The van der Waals surface area contributed by atoms with Crippen molar-refractivity contribution in [3.8, 4) is 5.75 Å². The Bertz CT molecular complexity index is 917. The SMILES string of the molecule is CCN(CCC(=O)N1CCC[C@H]1c1ncc(C(N)=O)c(C)n1)c1cccc(OC)c1. The summed E-state index contributed by atoms with van der Waals surface area (Å²) < 4.78 is 5.31. The Morgan fingerprint density at radius 3 is 2.83 bits per heavy atom. The number of benzene rings is 1. The summed E-state index contributed by atoms with van der Waals surface area (Å²) in [5.74, 6) is 0.905. The van der Waals surface area contributed by atoms with Crippen LogP contribution in [0.1, 0.15) is 54.1 Å². The minimum atomic E-state index is -0.546. The summed E-state index contributed by atoms with van der Waals surface area (Å²) >= 11 is 0. The molecule has 1 aromatic heterocycles.